The number of carbonyl (C=O) groups is 1. The molecule has 6 heteroatoms. The lowest BCUT2D eigenvalue weighted by molar-refractivity contribution is -0.124. The van der Waals surface area contributed by atoms with Gasteiger partial charge in [-0.1, -0.05) is 18.2 Å². The van der Waals surface area contributed by atoms with Crippen molar-refractivity contribution in [1.82, 2.24) is 5.32 Å². The summed E-state index contributed by atoms with van der Waals surface area (Å²) in [6, 6.07) is 12.9. The molecule has 0 saturated heterocycles. The molecule has 0 aliphatic rings. The Bertz CT molecular complexity index is 850. The first-order valence-corrected chi connectivity index (χ1v) is 7.58. The Morgan fingerprint density at radius 2 is 1.84 bits per heavy atom. The molecule has 0 bridgehead atoms. The van der Waals surface area contributed by atoms with Crippen LogP contribution in [0.2, 0.25) is 0 Å². The minimum atomic E-state index is -0.959. The number of amides is 1. The number of rotatable bonds is 5. The predicted molar refractivity (Wildman–Crippen MR) is 86.9 cm³/mol. The van der Waals surface area contributed by atoms with Crippen molar-refractivity contribution < 1.29 is 13.6 Å². The molecule has 2 atom stereocenters. The van der Waals surface area contributed by atoms with Crippen LogP contribution in [-0.2, 0) is 11.2 Å². The molecule has 2 aromatic carbocycles. The van der Waals surface area contributed by atoms with Crippen molar-refractivity contribution in [3.05, 3.63) is 70.8 Å². The third kappa shape index (κ3) is 4.62. The number of carbonyl (C=O) groups excluding carboxylic acids is 1. The van der Waals surface area contributed by atoms with Crippen molar-refractivity contribution in [3.8, 4) is 12.1 Å². The van der Waals surface area contributed by atoms with Crippen LogP contribution in [0.1, 0.15) is 29.7 Å². The number of hydrogen-bond acceptors (Lipinski definition) is 3. The minimum Gasteiger partial charge on any atom is -0.348 e. The molecule has 0 radical (unpaired) electrons. The zero-order valence-corrected chi connectivity index (χ0v) is 13.5. The molecular weight excluding hydrogens is 324 g/mol. The molecule has 0 heterocycles. The maximum atomic E-state index is 13.8. The number of benzene rings is 2. The summed E-state index contributed by atoms with van der Waals surface area (Å²) in [6.07, 6.45) is 0.173. The highest BCUT2D eigenvalue weighted by atomic mass is 19.1. The summed E-state index contributed by atoms with van der Waals surface area (Å²) in [5.41, 5.74) is 1.37. The monoisotopic (exact) mass is 339 g/mol. The topological polar surface area (TPSA) is 76.7 Å². The average molecular weight is 339 g/mol. The fourth-order valence-corrected chi connectivity index (χ4v) is 2.39. The summed E-state index contributed by atoms with van der Waals surface area (Å²) in [7, 11) is 0. The van der Waals surface area contributed by atoms with Crippen LogP contribution >= 0.6 is 0 Å². The molecule has 0 unspecified atom stereocenters. The molecule has 0 aromatic heterocycles. The van der Waals surface area contributed by atoms with E-state index in [1.807, 2.05) is 12.1 Å². The van der Waals surface area contributed by atoms with Gasteiger partial charge in [0.15, 0.2) is 0 Å². The van der Waals surface area contributed by atoms with Crippen LogP contribution in [0, 0.1) is 40.2 Å². The van der Waals surface area contributed by atoms with Gasteiger partial charge < -0.3 is 5.32 Å². The van der Waals surface area contributed by atoms with Crippen molar-refractivity contribution in [2.24, 2.45) is 5.92 Å². The summed E-state index contributed by atoms with van der Waals surface area (Å²) in [5.74, 6) is -2.95. The fourth-order valence-electron chi connectivity index (χ4n) is 2.39. The van der Waals surface area contributed by atoms with Crippen LogP contribution < -0.4 is 5.32 Å². The van der Waals surface area contributed by atoms with E-state index >= 15 is 0 Å². The second-order valence-electron chi connectivity index (χ2n) is 5.59. The Morgan fingerprint density at radius 3 is 2.40 bits per heavy atom. The maximum Gasteiger partial charge on any atom is 0.238 e. The standard InChI is InChI=1S/C19H15F2N3O/c1-12(17-7-6-16(20)9-18(17)21)24-19(25)15(11-23)8-13-2-4-14(10-22)5-3-13/h2-7,9,12,15H,8H2,1H3,(H,24,25)/t12-,15+/m0/s1. The summed E-state index contributed by atoms with van der Waals surface area (Å²) in [6.45, 7) is 1.56. The van der Waals surface area contributed by atoms with Gasteiger partial charge in [0.1, 0.15) is 17.6 Å². The minimum absolute atomic E-state index is 0.143. The zero-order valence-electron chi connectivity index (χ0n) is 13.5. The highest BCUT2D eigenvalue weighted by molar-refractivity contribution is 5.81. The summed E-state index contributed by atoms with van der Waals surface area (Å²) in [5, 5.41) is 20.6. The van der Waals surface area contributed by atoms with E-state index in [0.717, 1.165) is 17.7 Å². The van der Waals surface area contributed by atoms with Crippen molar-refractivity contribution in [2.75, 3.05) is 0 Å². The van der Waals surface area contributed by atoms with Crippen LogP contribution in [0.25, 0.3) is 0 Å². The van der Waals surface area contributed by atoms with E-state index in [9.17, 15) is 18.8 Å². The second-order valence-corrected chi connectivity index (χ2v) is 5.59. The van der Waals surface area contributed by atoms with E-state index in [4.69, 9.17) is 5.26 Å². The van der Waals surface area contributed by atoms with E-state index in [1.165, 1.54) is 6.07 Å². The smallest absolute Gasteiger partial charge is 0.238 e. The summed E-state index contributed by atoms with van der Waals surface area (Å²) < 4.78 is 26.7. The van der Waals surface area contributed by atoms with Gasteiger partial charge in [0.25, 0.3) is 0 Å². The highest BCUT2D eigenvalue weighted by Gasteiger charge is 2.22. The molecule has 0 fully saturated rings. The molecule has 0 aliphatic heterocycles. The van der Waals surface area contributed by atoms with Crippen LogP contribution in [0.5, 0.6) is 0 Å². The van der Waals surface area contributed by atoms with Crippen molar-refractivity contribution in [1.29, 1.82) is 10.5 Å². The third-order valence-electron chi connectivity index (χ3n) is 3.78. The Balaban J connectivity index is 2.06. The molecule has 2 rings (SSSR count). The Hall–Kier alpha value is -3.25. The van der Waals surface area contributed by atoms with E-state index in [0.29, 0.717) is 5.56 Å². The number of nitriles is 2. The molecule has 126 valence electrons. The van der Waals surface area contributed by atoms with Gasteiger partial charge in [-0.25, -0.2) is 8.78 Å². The van der Waals surface area contributed by atoms with Crippen LogP contribution in [0.15, 0.2) is 42.5 Å². The van der Waals surface area contributed by atoms with Gasteiger partial charge in [0.2, 0.25) is 5.91 Å². The number of nitrogens with one attached hydrogen (secondary N) is 1. The number of hydrogen-bond donors (Lipinski definition) is 1. The van der Waals surface area contributed by atoms with E-state index in [1.54, 1.807) is 31.2 Å². The summed E-state index contributed by atoms with van der Waals surface area (Å²) in [4.78, 5) is 12.3. The molecule has 0 spiro atoms. The van der Waals surface area contributed by atoms with Gasteiger partial charge in [-0.3, -0.25) is 4.79 Å². The third-order valence-corrected chi connectivity index (χ3v) is 3.78. The lowest BCUT2D eigenvalue weighted by Crippen LogP contribution is -2.33. The fraction of sp³-hybridized carbons (Fsp3) is 0.211. The lowest BCUT2D eigenvalue weighted by atomic mass is 9.98. The molecular formula is C19H15F2N3O. The average Bonchev–Trinajstić information content (AvgIpc) is 2.59. The van der Waals surface area contributed by atoms with Gasteiger partial charge in [-0.05, 0) is 37.1 Å². The second kappa shape index (κ2) is 8.03. The van der Waals surface area contributed by atoms with Crippen LogP contribution in [-0.4, -0.2) is 5.91 Å². The molecule has 1 N–H and O–H groups in total. The van der Waals surface area contributed by atoms with Crippen molar-refractivity contribution >= 4 is 5.91 Å². The molecule has 25 heavy (non-hydrogen) atoms. The quantitative estimate of drug-likeness (QED) is 0.907. The Morgan fingerprint density at radius 1 is 1.16 bits per heavy atom. The normalized spacial score (nSPS) is 12.5. The lowest BCUT2D eigenvalue weighted by Gasteiger charge is -2.17. The Labute approximate surface area is 144 Å². The first-order chi connectivity index (χ1) is 11.9. The van der Waals surface area contributed by atoms with Gasteiger partial charge >= 0.3 is 0 Å². The molecule has 2 aromatic rings. The zero-order chi connectivity index (χ0) is 18.4. The first kappa shape index (κ1) is 18.1. The van der Waals surface area contributed by atoms with E-state index in [2.05, 4.69) is 5.32 Å². The largest absolute Gasteiger partial charge is 0.348 e. The van der Waals surface area contributed by atoms with Gasteiger partial charge in [0.05, 0.1) is 23.7 Å². The molecule has 0 aliphatic carbocycles. The maximum absolute atomic E-state index is 13.8. The predicted octanol–water partition coefficient (Wildman–Crippen LogP) is 3.40. The van der Waals surface area contributed by atoms with Crippen molar-refractivity contribution in [3.63, 3.8) is 0 Å². The first-order valence-electron chi connectivity index (χ1n) is 7.58. The van der Waals surface area contributed by atoms with Crippen molar-refractivity contribution in [2.45, 2.75) is 19.4 Å². The molecule has 4 nitrogen and oxygen atoms in total. The SMILES string of the molecule is C[C@H](NC(=O)[C@@H](C#N)Cc1ccc(C#N)cc1)c1ccc(F)cc1F. The summed E-state index contributed by atoms with van der Waals surface area (Å²) >= 11 is 0. The van der Waals surface area contributed by atoms with Crippen LogP contribution in [0.3, 0.4) is 0 Å². The van der Waals surface area contributed by atoms with Gasteiger partial charge in [-0.15, -0.1) is 0 Å². The number of nitrogens with zero attached hydrogens (tertiary/aromatic N) is 2. The van der Waals surface area contributed by atoms with E-state index < -0.39 is 29.5 Å². The Kier molecular flexibility index (Phi) is 5.81. The van der Waals surface area contributed by atoms with E-state index in [-0.39, 0.29) is 12.0 Å². The molecule has 1 amide bonds. The van der Waals surface area contributed by atoms with Gasteiger partial charge in [0, 0.05) is 11.6 Å². The molecule has 0 saturated carbocycles. The highest BCUT2D eigenvalue weighted by Crippen LogP contribution is 2.19. The number of halogens is 2. The van der Waals surface area contributed by atoms with Crippen LogP contribution in [0.4, 0.5) is 8.78 Å². The van der Waals surface area contributed by atoms with Gasteiger partial charge in [-0.2, -0.15) is 10.5 Å².